The van der Waals surface area contributed by atoms with Crippen LogP contribution >= 0.6 is 0 Å². The van der Waals surface area contributed by atoms with Crippen molar-refractivity contribution in [1.29, 1.82) is 0 Å². The van der Waals surface area contributed by atoms with Gasteiger partial charge in [0.2, 0.25) is 12.2 Å². The molecule has 164 valence electrons. The summed E-state index contributed by atoms with van der Waals surface area (Å²) in [5.74, 6) is -1.70. The molecule has 1 aromatic carbocycles. The number of hydrogen-bond acceptors (Lipinski definition) is 10. The van der Waals surface area contributed by atoms with E-state index in [1.54, 1.807) is 0 Å². The zero-order chi connectivity index (χ0) is 22.4. The number of carbonyl (C=O) groups is 3. The van der Waals surface area contributed by atoms with Crippen LogP contribution in [0.1, 0.15) is 20.8 Å². The van der Waals surface area contributed by atoms with Crippen LogP contribution in [-0.4, -0.2) is 65.1 Å². The normalized spacial score (nSPS) is 25.7. The lowest BCUT2D eigenvalue weighted by Gasteiger charge is -2.43. The molecular formula is C18H22N2O10. The number of benzene rings is 1. The first-order chi connectivity index (χ1) is 14.1. The lowest BCUT2D eigenvalue weighted by atomic mass is 9.96. The number of non-ortho nitro benzene ring substituents is 1. The second kappa shape index (κ2) is 9.98. The highest BCUT2D eigenvalue weighted by Gasteiger charge is 2.49. The van der Waals surface area contributed by atoms with E-state index in [0.29, 0.717) is 0 Å². The third kappa shape index (κ3) is 6.12. The van der Waals surface area contributed by atoms with Crippen molar-refractivity contribution in [2.45, 2.75) is 51.4 Å². The molecular weight excluding hydrogens is 404 g/mol. The minimum absolute atomic E-state index is 0.158. The van der Waals surface area contributed by atoms with Gasteiger partial charge in [0, 0.05) is 32.9 Å². The molecule has 1 amide bonds. The summed E-state index contributed by atoms with van der Waals surface area (Å²) < 4.78 is 21.4. The molecule has 30 heavy (non-hydrogen) atoms. The highest BCUT2D eigenvalue weighted by Crippen LogP contribution is 2.28. The van der Waals surface area contributed by atoms with Gasteiger partial charge in [0.1, 0.15) is 30.6 Å². The molecule has 1 aliphatic heterocycles. The second-order valence-corrected chi connectivity index (χ2v) is 6.51. The Morgan fingerprint density at radius 3 is 2.30 bits per heavy atom. The molecule has 0 bridgehead atoms. The second-order valence-electron chi connectivity index (χ2n) is 6.51. The van der Waals surface area contributed by atoms with Gasteiger partial charge in [-0.25, -0.2) is 0 Å². The Kier molecular flexibility index (Phi) is 7.66. The fourth-order valence-electron chi connectivity index (χ4n) is 2.85. The maximum Gasteiger partial charge on any atom is 0.303 e. The number of nitro groups is 1. The maximum atomic E-state index is 11.7. The quantitative estimate of drug-likeness (QED) is 0.346. The van der Waals surface area contributed by atoms with Crippen LogP contribution in [0.4, 0.5) is 5.69 Å². The molecule has 1 aromatic rings. The van der Waals surface area contributed by atoms with Crippen LogP contribution in [0, 0.1) is 10.1 Å². The fourth-order valence-corrected chi connectivity index (χ4v) is 2.85. The number of nitrogens with one attached hydrogen (secondary N) is 1. The zero-order valence-corrected chi connectivity index (χ0v) is 16.5. The Hall–Kier alpha value is -3.25. The van der Waals surface area contributed by atoms with Gasteiger partial charge in [-0.1, -0.05) is 0 Å². The number of amides is 1. The van der Waals surface area contributed by atoms with Crippen LogP contribution in [-0.2, 0) is 28.6 Å². The van der Waals surface area contributed by atoms with Crippen LogP contribution in [0.15, 0.2) is 24.3 Å². The van der Waals surface area contributed by atoms with Crippen LogP contribution in [0.25, 0.3) is 0 Å². The highest BCUT2D eigenvalue weighted by atomic mass is 16.7. The van der Waals surface area contributed by atoms with E-state index < -0.39 is 53.4 Å². The Labute approximate surface area is 171 Å². The number of aliphatic hydroxyl groups excluding tert-OH is 1. The summed E-state index contributed by atoms with van der Waals surface area (Å²) in [5.41, 5.74) is -0.161. The summed E-state index contributed by atoms with van der Waals surface area (Å²) >= 11 is 0. The van der Waals surface area contributed by atoms with Crippen LogP contribution in [0.5, 0.6) is 5.75 Å². The molecule has 5 atom stereocenters. The first-order valence-corrected chi connectivity index (χ1v) is 8.90. The molecule has 2 rings (SSSR count). The Morgan fingerprint density at radius 1 is 1.17 bits per heavy atom. The molecule has 0 aliphatic carbocycles. The molecule has 12 nitrogen and oxygen atoms in total. The summed E-state index contributed by atoms with van der Waals surface area (Å²) in [6, 6.07) is 3.93. The van der Waals surface area contributed by atoms with E-state index in [1.165, 1.54) is 38.1 Å². The van der Waals surface area contributed by atoms with Crippen molar-refractivity contribution in [1.82, 2.24) is 5.32 Å². The van der Waals surface area contributed by atoms with Crippen molar-refractivity contribution in [3.8, 4) is 5.75 Å². The molecule has 1 aliphatic rings. The number of nitrogens with zero attached hydrogens (tertiary/aromatic N) is 1. The smallest absolute Gasteiger partial charge is 0.303 e. The van der Waals surface area contributed by atoms with Crippen LogP contribution in [0.3, 0.4) is 0 Å². The van der Waals surface area contributed by atoms with E-state index in [9.17, 15) is 29.6 Å². The van der Waals surface area contributed by atoms with E-state index in [-0.39, 0.29) is 18.0 Å². The van der Waals surface area contributed by atoms with E-state index >= 15 is 0 Å². The molecule has 0 saturated carbocycles. The van der Waals surface area contributed by atoms with E-state index in [4.69, 9.17) is 18.9 Å². The average Bonchev–Trinajstić information content (AvgIpc) is 2.65. The molecule has 0 spiro atoms. The van der Waals surface area contributed by atoms with Crippen LogP contribution < -0.4 is 10.1 Å². The Bertz CT molecular complexity index is 797. The van der Waals surface area contributed by atoms with Crippen molar-refractivity contribution in [3.05, 3.63) is 34.4 Å². The summed E-state index contributed by atoms with van der Waals surface area (Å²) in [7, 11) is 0. The number of aliphatic hydroxyl groups is 1. The molecule has 0 radical (unpaired) electrons. The zero-order valence-electron chi connectivity index (χ0n) is 16.5. The Morgan fingerprint density at radius 2 is 1.80 bits per heavy atom. The monoisotopic (exact) mass is 426 g/mol. The lowest BCUT2D eigenvalue weighted by Crippen LogP contribution is -2.66. The molecule has 1 fully saturated rings. The number of rotatable bonds is 7. The molecule has 1 heterocycles. The highest BCUT2D eigenvalue weighted by molar-refractivity contribution is 5.73. The van der Waals surface area contributed by atoms with Crippen molar-refractivity contribution < 1.29 is 43.4 Å². The van der Waals surface area contributed by atoms with Gasteiger partial charge in [0.15, 0.2) is 6.10 Å². The van der Waals surface area contributed by atoms with E-state index in [0.717, 1.165) is 6.92 Å². The van der Waals surface area contributed by atoms with Gasteiger partial charge >= 0.3 is 11.9 Å². The third-order valence-electron chi connectivity index (χ3n) is 4.10. The van der Waals surface area contributed by atoms with Crippen molar-refractivity contribution in [2.24, 2.45) is 0 Å². The standard InChI is InChI=1S/C18H22N2O10/c1-9(21)19-15-17(28-11(3)23)16(24)14(8-27-10(2)22)30-18(15)29-13-6-4-12(5-7-13)20(25)26/h4-7,14-18,24H,8H2,1-3H3,(H,19,21)/t14-,15+,16-,17+,18-/m0/s1. The average molecular weight is 426 g/mol. The molecule has 12 heteroatoms. The number of esters is 2. The summed E-state index contributed by atoms with van der Waals surface area (Å²) in [6.07, 6.45) is -5.12. The topological polar surface area (TPSA) is 164 Å². The first-order valence-electron chi connectivity index (χ1n) is 8.90. The van der Waals surface area contributed by atoms with Gasteiger partial charge in [-0.05, 0) is 12.1 Å². The number of hydrogen-bond donors (Lipinski definition) is 2. The van der Waals surface area contributed by atoms with Gasteiger partial charge in [0.25, 0.3) is 5.69 Å². The number of nitro benzene ring substituents is 1. The van der Waals surface area contributed by atoms with Gasteiger partial charge < -0.3 is 29.4 Å². The summed E-state index contributed by atoms with van der Waals surface area (Å²) in [6.45, 7) is 3.15. The molecule has 1 saturated heterocycles. The molecule has 0 unspecified atom stereocenters. The largest absolute Gasteiger partial charge is 0.463 e. The van der Waals surface area contributed by atoms with E-state index in [2.05, 4.69) is 5.32 Å². The summed E-state index contributed by atoms with van der Waals surface area (Å²) in [4.78, 5) is 44.6. The summed E-state index contributed by atoms with van der Waals surface area (Å²) in [5, 5.41) is 23.9. The van der Waals surface area contributed by atoms with Crippen molar-refractivity contribution in [2.75, 3.05) is 6.61 Å². The van der Waals surface area contributed by atoms with Gasteiger partial charge in [-0.3, -0.25) is 24.5 Å². The Balaban J connectivity index is 2.31. The number of ether oxygens (including phenoxy) is 4. The molecule has 2 N–H and O–H groups in total. The van der Waals surface area contributed by atoms with Gasteiger partial charge in [0.05, 0.1) is 4.92 Å². The lowest BCUT2D eigenvalue weighted by molar-refractivity contribution is -0.384. The first kappa shape index (κ1) is 23.0. The predicted octanol–water partition coefficient (Wildman–Crippen LogP) is 0.0589. The van der Waals surface area contributed by atoms with Gasteiger partial charge in [-0.2, -0.15) is 0 Å². The predicted molar refractivity (Wildman–Crippen MR) is 98.2 cm³/mol. The van der Waals surface area contributed by atoms with Crippen LogP contribution in [0.2, 0.25) is 0 Å². The maximum absolute atomic E-state index is 11.7. The van der Waals surface area contributed by atoms with Crippen molar-refractivity contribution in [3.63, 3.8) is 0 Å². The third-order valence-corrected chi connectivity index (χ3v) is 4.10. The van der Waals surface area contributed by atoms with Gasteiger partial charge in [-0.15, -0.1) is 0 Å². The number of carbonyl (C=O) groups excluding carboxylic acids is 3. The molecule has 0 aromatic heterocycles. The van der Waals surface area contributed by atoms with E-state index in [1.807, 2.05) is 0 Å². The minimum Gasteiger partial charge on any atom is -0.463 e. The minimum atomic E-state index is -1.44. The van der Waals surface area contributed by atoms with Crippen molar-refractivity contribution >= 4 is 23.5 Å². The SMILES string of the molecule is CC(=O)N[C@H]1[C@@H](Oc2ccc([N+](=O)[O-])cc2)O[C@@H](COC(C)=O)[C@H](O)[C@@H]1OC(C)=O. The fraction of sp³-hybridized carbons (Fsp3) is 0.500.